The van der Waals surface area contributed by atoms with E-state index < -0.39 is 0 Å². The summed E-state index contributed by atoms with van der Waals surface area (Å²) in [6, 6.07) is 10.6. The van der Waals surface area contributed by atoms with E-state index in [2.05, 4.69) is 13.0 Å². The van der Waals surface area contributed by atoms with Gasteiger partial charge in [-0.1, -0.05) is 18.2 Å². The molecule has 82 valence electrons. The summed E-state index contributed by atoms with van der Waals surface area (Å²) < 4.78 is 13.0. The first-order valence-corrected chi connectivity index (χ1v) is 5.21. The molecule has 2 aromatic rings. The second kappa shape index (κ2) is 3.97. The Hall–Kier alpha value is -1.83. The topological polar surface area (TPSA) is 26.0 Å². The monoisotopic (exact) mass is 215 g/mol. The van der Waals surface area contributed by atoms with Crippen LogP contribution in [0.4, 0.5) is 10.1 Å². The summed E-state index contributed by atoms with van der Waals surface area (Å²) in [5, 5.41) is 0. The molecule has 0 heterocycles. The number of halogens is 1. The van der Waals surface area contributed by atoms with Crippen molar-refractivity contribution in [2.45, 2.75) is 13.8 Å². The molecule has 16 heavy (non-hydrogen) atoms. The van der Waals surface area contributed by atoms with Crippen molar-refractivity contribution in [3.8, 4) is 11.1 Å². The van der Waals surface area contributed by atoms with Gasteiger partial charge in [0.15, 0.2) is 0 Å². The molecule has 2 heteroatoms. The van der Waals surface area contributed by atoms with Crippen LogP contribution in [-0.4, -0.2) is 0 Å². The Morgan fingerprint density at radius 2 is 1.75 bits per heavy atom. The van der Waals surface area contributed by atoms with Crippen molar-refractivity contribution < 1.29 is 4.39 Å². The van der Waals surface area contributed by atoms with Gasteiger partial charge in [-0.3, -0.25) is 0 Å². The summed E-state index contributed by atoms with van der Waals surface area (Å²) in [6.45, 7) is 4.10. The van der Waals surface area contributed by atoms with Gasteiger partial charge >= 0.3 is 0 Å². The van der Waals surface area contributed by atoms with Crippen molar-refractivity contribution in [2.75, 3.05) is 5.73 Å². The molecule has 0 aliphatic rings. The molecule has 0 aliphatic carbocycles. The largest absolute Gasteiger partial charge is 0.398 e. The van der Waals surface area contributed by atoms with Crippen LogP contribution in [-0.2, 0) is 0 Å². The van der Waals surface area contributed by atoms with Gasteiger partial charge in [-0.25, -0.2) is 4.39 Å². The molecule has 0 saturated heterocycles. The van der Waals surface area contributed by atoms with Gasteiger partial charge in [0.25, 0.3) is 0 Å². The van der Waals surface area contributed by atoms with Crippen molar-refractivity contribution in [2.24, 2.45) is 0 Å². The van der Waals surface area contributed by atoms with Crippen LogP contribution in [0.2, 0.25) is 0 Å². The summed E-state index contributed by atoms with van der Waals surface area (Å²) in [4.78, 5) is 0. The number of nitrogen functional groups attached to an aromatic ring is 1. The maximum absolute atomic E-state index is 13.0. The molecule has 0 bridgehead atoms. The standard InChI is InChI=1S/C14H14FN/c1-9-4-3-5-12(10(9)2)13-7-6-11(15)8-14(13)16/h3-8H,16H2,1-2H3. The molecule has 0 radical (unpaired) electrons. The van der Waals surface area contributed by atoms with E-state index >= 15 is 0 Å². The van der Waals surface area contributed by atoms with Gasteiger partial charge in [0, 0.05) is 11.3 Å². The highest BCUT2D eigenvalue weighted by atomic mass is 19.1. The lowest BCUT2D eigenvalue weighted by Crippen LogP contribution is -1.94. The van der Waals surface area contributed by atoms with Gasteiger partial charge < -0.3 is 5.73 Å². The first kappa shape index (κ1) is 10.7. The molecule has 2 aromatic carbocycles. The number of nitrogens with two attached hydrogens (primary N) is 1. The molecule has 0 spiro atoms. The van der Waals surface area contributed by atoms with Gasteiger partial charge in [-0.2, -0.15) is 0 Å². The van der Waals surface area contributed by atoms with Crippen LogP contribution in [0.15, 0.2) is 36.4 Å². The van der Waals surface area contributed by atoms with Crippen LogP contribution >= 0.6 is 0 Å². The molecule has 2 rings (SSSR count). The number of rotatable bonds is 1. The normalized spacial score (nSPS) is 10.4. The van der Waals surface area contributed by atoms with Crippen LogP contribution in [0.1, 0.15) is 11.1 Å². The third-order valence-corrected chi connectivity index (χ3v) is 2.91. The number of hydrogen-bond donors (Lipinski definition) is 1. The molecular formula is C14H14FN. The third kappa shape index (κ3) is 1.78. The van der Waals surface area contributed by atoms with Crippen LogP contribution in [0.3, 0.4) is 0 Å². The van der Waals surface area contributed by atoms with Crippen LogP contribution in [0.5, 0.6) is 0 Å². The lowest BCUT2D eigenvalue weighted by Gasteiger charge is -2.11. The van der Waals surface area contributed by atoms with E-state index in [1.165, 1.54) is 23.3 Å². The lowest BCUT2D eigenvalue weighted by atomic mass is 9.96. The Bertz CT molecular complexity index is 532. The van der Waals surface area contributed by atoms with E-state index in [9.17, 15) is 4.39 Å². The van der Waals surface area contributed by atoms with Crippen molar-refractivity contribution >= 4 is 5.69 Å². The first-order valence-electron chi connectivity index (χ1n) is 5.21. The Morgan fingerprint density at radius 3 is 2.44 bits per heavy atom. The minimum Gasteiger partial charge on any atom is -0.398 e. The predicted molar refractivity (Wildman–Crippen MR) is 65.7 cm³/mol. The van der Waals surface area contributed by atoms with Crippen molar-refractivity contribution in [3.05, 3.63) is 53.3 Å². The lowest BCUT2D eigenvalue weighted by molar-refractivity contribution is 0.628. The van der Waals surface area contributed by atoms with Crippen molar-refractivity contribution in [3.63, 3.8) is 0 Å². The molecule has 0 amide bonds. The quantitative estimate of drug-likeness (QED) is 0.721. The predicted octanol–water partition coefficient (Wildman–Crippen LogP) is 3.69. The Morgan fingerprint density at radius 1 is 1.00 bits per heavy atom. The van der Waals surface area contributed by atoms with E-state index in [-0.39, 0.29) is 5.82 Å². The summed E-state index contributed by atoms with van der Waals surface area (Å²) in [5.41, 5.74) is 10.7. The van der Waals surface area contributed by atoms with Crippen molar-refractivity contribution in [1.82, 2.24) is 0 Å². The van der Waals surface area contributed by atoms with E-state index in [0.717, 1.165) is 11.1 Å². The van der Waals surface area contributed by atoms with E-state index in [1.807, 2.05) is 19.1 Å². The van der Waals surface area contributed by atoms with Crippen LogP contribution < -0.4 is 5.73 Å². The number of anilines is 1. The van der Waals surface area contributed by atoms with Gasteiger partial charge in [0.05, 0.1) is 0 Å². The fourth-order valence-corrected chi connectivity index (χ4v) is 1.82. The molecule has 2 N–H and O–H groups in total. The zero-order valence-corrected chi connectivity index (χ0v) is 9.42. The SMILES string of the molecule is Cc1cccc(-c2ccc(F)cc2N)c1C. The van der Waals surface area contributed by atoms with E-state index in [1.54, 1.807) is 6.07 Å². The highest BCUT2D eigenvalue weighted by Gasteiger charge is 2.07. The summed E-state index contributed by atoms with van der Waals surface area (Å²) in [7, 11) is 0. The average molecular weight is 215 g/mol. The average Bonchev–Trinajstić information content (AvgIpc) is 2.23. The van der Waals surface area contributed by atoms with Crippen LogP contribution in [0, 0.1) is 19.7 Å². The first-order chi connectivity index (χ1) is 7.59. The second-order valence-electron chi connectivity index (χ2n) is 3.98. The fraction of sp³-hybridized carbons (Fsp3) is 0.143. The minimum absolute atomic E-state index is 0.299. The van der Waals surface area contributed by atoms with Crippen LogP contribution in [0.25, 0.3) is 11.1 Å². The van der Waals surface area contributed by atoms with E-state index in [4.69, 9.17) is 5.73 Å². The number of hydrogen-bond acceptors (Lipinski definition) is 1. The molecule has 0 saturated carbocycles. The molecule has 0 aliphatic heterocycles. The van der Waals surface area contributed by atoms with Gasteiger partial charge in [-0.05, 0) is 48.7 Å². The summed E-state index contributed by atoms with van der Waals surface area (Å²) >= 11 is 0. The smallest absolute Gasteiger partial charge is 0.125 e. The molecule has 1 nitrogen and oxygen atoms in total. The zero-order chi connectivity index (χ0) is 11.7. The molecular weight excluding hydrogens is 201 g/mol. The second-order valence-corrected chi connectivity index (χ2v) is 3.98. The number of aryl methyl sites for hydroxylation is 1. The fourth-order valence-electron chi connectivity index (χ4n) is 1.82. The highest BCUT2D eigenvalue weighted by molar-refractivity contribution is 5.78. The Labute approximate surface area is 94.7 Å². The molecule has 0 aromatic heterocycles. The van der Waals surface area contributed by atoms with E-state index in [0.29, 0.717) is 5.69 Å². The van der Waals surface area contributed by atoms with Gasteiger partial charge in [0.1, 0.15) is 5.82 Å². The third-order valence-electron chi connectivity index (χ3n) is 2.91. The van der Waals surface area contributed by atoms with Gasteiger partial charge in [0.2, 0.25) is 0 Å². The number of benzene rings is 2. The Balaban J connectivity index is 2.63. The molecule has 0 atom stereocenters. The Kier molecular flexibility index (Phi) is 2.65. The molecule has 0 unspecified atom stereocenters. The minimum atomic E-state index is -0.299. The maximum atomic E-state index is 13.0. The summed E-state index contributed by atoms with van der Waals surface area (Å²) in [6.07, 6.45) is 0. The van der Waals surface area contributed by atoms with Gasteiger partial charge in [-0.15, -0.1) is 0 Å². The zero-order valence-electron chi connectivity index (χ0n) is 9.42. The molecule has 0 fully saturated rings. The maximum Gasteiger partial charge on any atom is 0.125 e. The van der Waals surface area contributed by atoms with Crippen molar-refractivity contribution in [1.29, 1.82) is 0 Å². The highest BCUT2D eigenvalue weighted by Crippen LogP contribution is 2.30. The summed E-state index contributed by atoms with van der Waals surface area (Å²) in [5.74, 6) is -0.299.